The van der Waals surface area contributed by atoms with E-state index in [0.717, 1.165) is 12.1 Å². The Labute approximate surface area is 272 Å². The van der Waals surface area contributed by atoms with E-state index in [0.29, 0.717) is 62.0 Å². The van der Waals surface area contributed by atoms with E-state index >= 15 is 0 Å². The average Bonchev–Trinajstić information content (AvgIpc) is 3.05. The third-order valence-corrected chi connectivity index (χ3v) is 9.01. The van der Waals surface area contributed by atoms with Gasteiger partial charge in [0.15, 0.2) is 5.16 Å². The van der Waals surface area contributed by atoms with Crippen molar-refractivity contribution in [3.8, 4) is 5.69 Å². The van der Waals surface area contributed by atoms with Crippen LogP contribution in [-0.2, 0) is 11.0 Å². The van der Waals surface area contributed by atoms with Crippen LogP contribution in [0.1, 0.15) is 48.5 Å². The van der Waals surface area contributed by atoms with E-state index in [-0.39, 0.29) is 40.0 Å². The summed E-state index contributed by atoms with van der Waals surface area (Å²) >= 11 is 1.28. The Bertz CT molecular complexity index is 1860. The standard InChI is InChI=1S/C33H32F3N5O5S/c1-22-21-38(16-17-39(22)30(43)23-9-7-12-26(19-23)41(45)46)29(42)15-3-2-6-18-47-32-37-28-14-5-4-13-27(28)31(44)40(32)25-11-8-10-24(20-25)33(34,35)36/h4-5,7-14,19-20,22H,2-3,6,15-18,21H2,1H3. The minimum atomic E-state index is -4.56. The number of non-ortho nitro benzene ring substituents is 1. The number of unbranched alkanes of at least 4 members (excludes halogenated alkanes) is 2. The molecule has 0 aliphatic carbocycles. The van der Waals surface area contributed by atoms with Crippen molar-refractivity contribution in [3.63, 3.8) is 0 Å². The summed E-state index contributed by atoms with van der Waals surface area (Å²) in [6, 6.07) is 16.6. The lowest BCUT2D eigenvalue weighted by molar-refractivity contribution is -0.384. The molecule has 1 aliphatic rings. The fraction of sp³-hybridized carbons (Fsp3) is 0.333. The van der Waals surface area contributed by atoms with Crippen molar-refractivity contribution in [1.82, 2.24) is 19.4 Å². The topological polar surface area (TPSA) is 119 Å². The third-order valence-electron chi connectivity index (χ3n) is 7.99. The molecule has 246 valence electrons. The molecule has 0 saturated carbocycles. The predicted octanol–water partition coefficient (Wildman–Crippen LogP) is 6.34. The predicted molar refractivity (Wildman–Crippen MR) is 172 cm³/mol. The molecule has 4 aromatic rings. The molecule has 5 rings (SSSR count). The Kier molecular flexibility index (Phi) is 10.3. The Morgan fingerprint density at radius 1 is 1.00 bits per heavy atom. The van der Waals surface area contributed by atoms with Crippen molar-refractivity contribution in [3.05, 3.63) is 104 Å². The smallest absolute Gasteiger partial charge is 0.339 e. The Morgan fingerprint density at radius 3 is 2.51 bits per heavy atom. The highest BCUT2D eigenvalue weighted by molar-refractivity contribution is 7.99. The molecule has 1 atom stereocenters. The highest BCUT2D eigenvalue weighted by Gasteiger charge is 2.32. The van der Waals surface area contributed by atoms with Gasteiger partial charge in [-0.2, -0.15) is 13.2 Å². The molecule has 14 heteroatoms. The molecular weight excluding hydrogens is 635 g/mol. The van der Waals surface area contributed by atoms with Crippen molar-refractivity contribution >= 4 is 40.2 Å². The minimum Gasteiger partial charge on any atom is -0.339 e. The second kappa shape index (κ2) is 14.4. The van der Waals surface area contributed by atoms with Gasteiger partial charge in [-0.25, -0.2) is 4.98 Å². The maximum atomic E-state index is 13.4. The number of carbonyl (C=O) groups excluding carboxylic acids is 2. The van der Waals surface area contributed by atoms with Crippen LogP contribution in [0.15, 0.2) is 82.7 Å². The summed E-state index contributed by atoms with van der Waals surface area (Å²) < 4.78 is 41.5. The van der Waals surface area contributed by atoms with E-state index < -0.39 is 22.2 Å². The Hall–Kier alpha value is -4.72. The molecule has 1 aliphatic heterocycles. The molecule has 0 radical (unpaired) electrons. The molecular formula is C33H32F3N5O5S. The second-order valence-corrected chi connectivity index (χ2v) is 12.3. The van der Waals surface area contributed by atoms with E-state index in [1.165, 1.54) is 46.7 Å². The zero-order valence-corrected chi connectivity index (χ0v) is 26.3. The largest absolute Gasteiger partial charge is 0.416 e. The van der Waals surface area contributed by atoms with Gasteiger partial charge in [0.25, 0.3) is 17.2 Å². The average molecular weight is 668 g/mol. The zero-order valence-electron chi connectivity index (χ0n) is 25.5. The number of nitrogens with zero attached hydrogens (tertiary/aromatic N) is 5. The molecule has 1 unspecified atom stereocenters. The number of hydrogen-bond acceptors (Lipinski definition) is 7. The van der Waals surface area contributed by atoms with Crippen LogP contribution >= 0.6 is 11.8 Å². The van der Waals surface area contributed by atoms with Gasteiger partial charge in [-0.3, -0.25) is 29.1 Å². The van der Waals surface area contributed by atoms with Crippen LogP contribution in [0.5, 0.6) is 0 Å². The SMILES string of the molecule is CC1CN(C(=O)CCCCCSc2nc3ccccc3c(=O)n2-c2cccc(C(F)(F)F)c2)CCN1C(=O)c1cccc([N+](=O)[O-])c1. The third kappa shape index (κ3) is 7.81. The van der Waals surface area contributed by atoms with Gasteiger partial charge in [-0.1, -0.05) is 42.4 Å². The van der Waals surface area contributed by atoms with E-state index in [9.17, 15) is 37.7 Å². The molecule has 47 heavy (non-hydrogen) atoms. The molecule has 2 amide bonds. The van der Waals surface area contributed by atoms with E-state index in [2.05, 4.69) is 4.98 Å². The number of nitro benzene ring substituents is 1. The molecule has 3 aromatic carbocycles. The van der Waals surface area contributed by atoms with Crippen LogP contribution < -0.4 is 5.56 Å². The van der Waals surface area contributed by atoms with Crippen molar-refractivity contribution in [2.24, 2.45) is 0 Å². The normalized spacial score (nSPS) is 15.2. The molecule has 0 N–H and O–H groups in total. The fourth-order valence-corrected chi connectivity index (χ4v) is 6.55. The highest BCUT2D eigenvalue weighted by Crippen LogP contribution is 2.31. The van der Waals surface area contributed by atoms with Crippen molar-refractivity contribution < 1.29 is 27.7 Å². The lowest BCUT2D eigenvalue weighted by Crippen LogP contribution is -2.55. The van der Waals surface area contributed by atoms with Crippen LogP contribution in [0.3, 0.4) is 0 Å². The maximum Gasteiger partial charge on any atom is 0.416 e. The Morgan fingerprint density at radius 2 is 1.77 bits per heavy atom. The molecule has 1 saturated heterocycles. The molecule has 10 nitrogen and oxygen atoms in total. The van der Waals surface area contributed by atoms with Gasteiger partial charge in [0.05, 0.1) is 27.1 Å². The van der Waals surface area contributed by atoms with Crippen LogP contribution in [0, 0.1) is 10.1 Å². The molecule has 1 fully saturated rings. The molecule has 1 aromatic heterocycles. The van der Waals surface area contributed by atoms with Gasteiger partial charge >= 0.3 is 6.18 Å². The first-order valence-corrected chi connectivity index (χ1v) is 16.1. The highest BCUT2D eigenvalue weighted by atomic mass is 32.2. The molecule has 0 bridgehead atoms. The summed E-state index contributed by atoms with van der Waals surface area (Å²) in [5.74, 6) is 0.194. The minimum absolute atomic E-state index is 0.0264. The van der Waals surface area contributed by atoms with Crippen molar-refractivity contribution in [2.75, 3.05) is 25.4 Å². The lowest BCUT2D eigenvalue weighted by atomic mass is 10.1. The number of hydrogen-bond donors (Lipinski definition) is 0. The first kappa shape index (κ1) is 33.6. The first-order chi connectivity index (χ1) is 22.4. The summed E-state index contributed by atoms with van der Waals surface area (Å²) in [5.41, 5.74) is -0.708. The quantitative estimate of drug-likeness (QED) is 0.0637. The summed E-state index contributed by atoms with van der Waals surface area (Å²) in [4.78, 5) is 57.8. The zero-order chi connectivity index (χ0) is 33.7. The first-order valence-electron chi connectivity index (χ1n) is 15.1. The number of halogens is 3. The molecule has 0 spiro atoms. The lowest BCUT2D eigenvalue weighted by Gasteiger charge is -2.40. The monoisotopic (exact) mass is 667 g/mol. The number of fused-ring (bicyclic) bond motifs is 1. The number of nitro groups is 1. The van der Waals surface area contributed by atoms with Crippen LogP contribution in [0.25, 0.3) is 16.6 Å². The van der Waals surface area contributed by atoms with Crippen LogP contribution in [-0.4, -0.2) is 67.5 Å². The van der Waals surface area contributed by atoms with Gasteiger partial charge in [0.2, 0.25) is 5.91 Å². The Balaban J connectivity index is 1.14. The number of rotatable bonds is 10. The van der Waals surface area contributed by atoms with Gasteiger partial charge in [-0.15, -0.1) is 0 Å². The van der Waals surface area contributed by atoms with Gasteiger partial charge in [0, 0.05) is 55.5 Å². The van der Waals surface area contributed by atoms with Gasteiger partial charge < -0.3 is 9.80 Å². The number of benzene rings is 3. The summed E-state index contributed by atoms with van der Waals surface area (Å²) in [7, 11) is 0. The number of para-hydroxylation sites is 1. The summed E-state index contributed by atoms with van der Waals surface area (Å²) in [5, 5.41) is 11.7. The van der Waals surface area contributed by atoms with Crippen molar-refractivity contribution in [2.45, 2.75) is 50.0 Å². The summed E-state index contributed by atoms with van der Waals surface area (Å²) in [6.07, 6.45) is -2.23. The van der Waals surface area contributed by atoms with E-state index in [1.807, 2.05) is 6.92 Å². The fourth-order valence-electron chi connectivity index (χ4n) is 5.54. The maximum absolute atomic E-state index is 13.4. The number of aromatic nitrogens is 2. The number of thioether (sulfide) groups is 1. The van der Waals surface area contributed by atoms with Crippen LogP contribution in [0.2, 0.25) is 0 Å². The number of alkyl halides is 3. The number of amides is 2. The summed E-state index contributed by atoms with van der Waals surface area (Å²) in [6.45, 7) is 2.87. The van der Waals surface area contributed by atoms with Gasteiger partial charge in [-0.05, 0) is 56.2 Å². The van der Waals surface area contributed by atoms with E-state index in [4.69, 9.17) is 0 Å². The van der Waals surface area contributed by atoms with Crippen LogP contribution in [0.4, 0.5) is 18.9 Å². The second-order valence-electron chi connectivity index (χ2n) is 11.3. The van der Waals surface area contributed by atoms with Gasteiger partial charge in [0.1, 0.15) is 0 Å². The van der Waals surface area contributed by atoms with E-state index in [1.54, 1.807) is 40.1 Å². The van der Waals surface area contributed by atoms with Crippen molar-refractivity contribution in [1.29, 1.82) is 0 Å². The molecule has 2 heterocycles. The number of carbonyl (C=O) groups is 2. The number of piperazine rings is 1.